The van der Waals surface area contributed by atoms with Gasteiger partial charge in [0.25, 0.3) is 0 Å². The molecule has 5 rings (SSSR count). The van der Waals surface area contributed by atoms with Crippen LogP contribution in [0.1, 0.15) is 0 Å². The first-order valence-corrected chi connectivity index (χ1v) is 14.2. The number of fused-ring (bicyclic) bond motifs is 1. The predicted molar refractivity (Wildman–Crippen MR) is 145 cm³/mol. The van der Waals surface area contributed by atoms with Gasteiger partial charge in [-0.05, 0) is 54.6 Å². The molecule has 4 aromatic rings. The standard InChI is InChI=1S/C29H27BrO3P/c30-23-16-17-28-29(20-23)33-24(22-32-28)21-31-18-19-34(25-10-4-1-5-11-25,26-12-6-2-7-13-26)27-14-8-3-9-15-27/h1-17,20,24H,18-19,21-22H2/q+1/t24-/m0/s1. The van der Waals surface area contributed by atoms with Crippen molar-refractivity contribution in [1.82, 2.24) is 0 Å². The van der Waals surface area contributed by atoms with Crippen molar-refractivity contribution in [2.75, 3.05) is 26.0 Å². The average molecular weight is 534 g/mol. The lowest BCUT2D eigenvalue weighted by atomic mass is 10.3. The fraction of sp³-hybridized carbons (Fsp3) is 0.172. The Bertz CT molecular complexity index is 1110. The molecule has 0 radical (unpaired) electrons. The molecular formula is C29H27BrO3P+. The molecule has 1 atom stereocenters. The normalized spacial score (nSPS) is 15.1. The van der Waals surface area contributed by atoms with Gasteiger partial charge in [0.05, 0.1) is 19.4 Å². The van der Waals surface area contributed by atoms with Gasteiger partial charge in [-0.25, -0.2) is 0 Å². The van der Waals surface area contributed by atoms with Gasteiger partial charge in [-0.3, -0.25) is 0 Å². The van der Waals surface area contributed by atoms with Gasteiger partial charge in [-0.1, -0.05) is 70.5 Å². The summed E-state index contributed by atoms with van der Waals surface area (Å²) in [7, 11) is -1.89. The van der Waals surface area contributed by atoms with E-state index in [1.165, 1.54) is 15.9 Å². The predicted octanol–water partition coefficient (Wildman–Crippen LogP) is 5.60. The summed E-state index contributed by atoms with van der Waals surface area (Å²) in [6.45, 7) is 1.62. The van der Waals surface area contributed by atoms with Crippen LogP contribution in [-0.2, 0) is 4.74 Å². The second kappa shape index (κ2) is 10.7. The topological polar surface area (TPSA) is 27.7 Å². The molecule has 4 aromatic carbocycles. The largest absolute Gasteiger partial charge is 0.486 e. The van der Waals surface area contributed by atoms with E-state index in [1.54, 1.807) is 0 Å². The first kappa shape index (κ1) is 23.1. The number of hydrogen-bond acceptors (Lipinski definition) is 3. The van der Waals surface area contributed by atoms with Crippen molar-refractivity contribution in [3.8, 4) is 11.5 Å². The summed E-state index contributed by atoms with van der Waals surface area (Å²) in [4.78, 5) is 0. The molecule has 3 nitrogen and oxygen atoms in total. The molecule has 172 valence electrons. The van der Waals surface area contributed by atoms with Crippen LogP contribution in [0.15, 0.2) is 114 Å². The Morgan fingerprint density at radius 3 is 1.85 bits per heavy atom. The van der Waals surface area contributed by atoms with Gasteiger partial charge in [0, 0.05) is 4.47 Å². The van der Waals surface area contributed by atoms with Crippen LogP contribution in [0, 0.1) is 0 Å². The van der Waals surface area contributed by atoms with Gasteiger partial charge in [0.1, 0.15) is 29.8 Å². The highest BCUT2D eigenvalue weighted by atomic mass is 79.9. The Morgan fingerprint density at radius 1 is 0.735 bits per heavy atom. The fourth-order valence-electron chi connectivity index (χ4n) is 4.47. The molecule has 0 saturated carbocycles. The van der Waals surface area contributed by atoms with Crippen LogP contribution < -0.4 is 25.4 Å². The lowest BCUT2D eigenvalue weighted by molar-refractivity contribution is 0.0133. The molecule has 0 aromatic heterocycles. The molecule has 1 aliphatic rings. The van der Waals surface area contributed by atoms with Crippen LogP contribution in [0.4, 0.5) is 0 Å². The van der Waals surface area contributed by atoms with E-state index in [2.05, 4.69) is 107 Å². The van der Waals surface area contributed by atoms with Gasteiger partial charge >= 0.3 is 0 Å². The van der Waals surface area contributed by atoms with Crippen LogP contribution in [0.3, 0.4) is 0 Å². The minimum absolute atomic E-state index is 0.125. The summed E-state index contributed by atoms with van der Waals surface area (Å²) in [6.07, 6.45) is 0.792. The van der Waals surface area contributed by atoms with Crippen LogP contribution in [0.5, 0.6) is 11.5 Å². The molecule has 1 heterocycles. The Hall–Kier alpha value is -2.65. The van der Waals surface area contributed by atoms with E-state index < -0.39 is 7.26 Å². The number of ether oxygens (including phenoxy) is 3. The smallest absolute Gasteiger partial charge is 0.163 e. The number of hydrogen-bond donors (Lipinski definition) is 0. The molecule has 0 amide bonds. The molecule has 0 N–H and O–H groups in total. The van der Waals surface area contributed by atoms with Gasteiger partial charge in [0.2, 0.25) is 0 Å². The average Bonchev–Trinajstić information content (AvgIpc) is 2.90. The molecule has 0 aliphatic carbocycles. The summed E-state index contributed by atoms with van der Waals surface area (Å²) in [6, 6.07) is 38.5. The van der Waals surface area contributed by atoms with Crippen molar-refractivity contribution in [2.24, 2.45) is 0 Å². The molecule has 1 aliphatic heterocycles. The highest BCUT2D eigenvalue weighted by Gasteiger charge is 2.44. The zero-order valence-corrected chi connectivity index (χ0v) is 21.3. The second-order valence-electron chi connectivity index (χ2n) is 8.26. The van der Waals surface area contributed by atoms with E-state index >= 15 is 0 Å². The SMILES string of the molecule is Brc1ccc2c(c1)O[C@@H](COCC[P+](c1ccccc1)(c1ccccc1)c1ccccc1)CO2. The van der Waals surface area contributed by atoms with E-state index in [4.69, 9.17) is 14.2 Å². The van der Waals surface area contributed by atoms with Crippen molar-refractivity contribution >= 4 is 39.1 Å². The minimum atomic E-state index is -1.89. The monoisotopic (exact) mass is 533 g/mol. The fourth-order valence-corrected chi connectivity index (χ4v) is 8.93. The Morgan fingerprint density at radius 2 is 1.29 bits per heavy atom. The Labute approximate surface area is 210 Å². The maximum atomic E-state index is 6.25. The van der Waals surface area contributed by atoms with Crippen molar-refractivity contribution in [3.63, 3.8) is 0 Å². The van der Waals surface area contributed by atoms with E-state index in [0.717, 1.165) is 22.1 Å². The lowest BCUT2D eigenvalue weighted by Gasteiger charge is -2.29. The van der Waals surface area contributed by atoms with Gasteiger partial charge in [-0.15, -0.1) is 0 Å². The number of benzene rings is 4. The van der Waals surface area contributed by atoms with Crippen molar-refractivity contribution in [3.05, 3.63) is 114 Å². The molecule has 0 fully saturated rings. The Kier molecular flexibility index (Phi) is 7.30. The van der Waals surface area contributed by atoms with Gasteiger partial charge in [0.15, 0.2) is 17.6 Å². The Balaban J connectivity index is 1.37. The van der Waals surface area contributed by atoms with E-state index in [1.807, 2.05) is 18.2 Å². The highest BCUT2D eigenvalue weighted by molar-refractivity contribution is 9.10. The zero-order valence-electron chi connectivity index (χ0n) is 18.8. The molecule has 0 spiro atoms. The molecule has 0 unspecified atom stereocenters. The third-order valence-electron chi connectivity index (χ3n) is 6.09. The summed E-state index contributed by atoms with van der Waals surface area (Å²) >= 11 is 3.50. The highest BCUT2D eigenvalue weighted by Crippen LogP contribution is 2.55. The summed E-state index contributed by atoms with van der Waals surface area (Å²) in [5, 5.41) is 4.10. The quantitative estimate of drug-likeness (QED) is 0.218. The molecular weight excluding hydrogens is 507 g/mol. The van der Waals surface area contributed by atoms with Crippen LogP contribution in [0.25, 0.3) is 0 Å². The van der Waals surface area contributed by atoms with Crippen LogP contribution in [-0.4, -0.2) is 32.1 Å². The number of halogens is 1. The van der Waals surface area contributed by atoms with Crippen molar-refractivity contribution in [2.45, 2.75) is 6.10 Å². The molecule has 0 bridgehead atoms. The van der Waals surface area contributed by atoms with E-state index in [9.17, 15) is 0 Å². The van der Waals surface area contributed by atoms with E-state index in [-0.39, 0.29) is 6.10 Å². The van der Waals surface area contributed by atoms with Crippen molar-refractivity contribution < 1.29 is 14.2 Å². The molecule has 5 heteroatoms. The van der Waals surface area contributed by atoms with Crippen molar-refractivity contribution in [1.29, 1.82) is 0 Å². The third kappa shape index (κ3) is 4.90. The molecule has 34 heavy (non-hydrogen) atoms. The van der Waals surface area contributed by atoms with Gasteiger partial charge in [-0.2, -0.15) is 0 Å². The zero-order chi connectivity index (χ0) is 23.2. The number of rotatable bonds is 8. The summed E-state index contributed by atoms with van der Waals surface area (Å²) < 4.78 is 19.2. The maximum Gasteiger partial charge on any atom is 0.163 e. The molecule has 0 saturated heterocycles. The summed E-state index contributed by atoms with van der Waals surface area (Å²) in [5.41, 5.74) is 0. The third-order valence-corrected chi connectivity index (χ3v) is 11.0. The first-order valence-electron chi connectivity index (χ1n) is 11.5. The van der Waals surface area contributed by atoms with Crippen LogP contribution in [0.2, 0.25) is 0 Å². The maximum absolute atomic E-state index is 6.25. The minimum Gasteiger partial charge on any atom is -0.486 e. The second-order valence-corrected chi connectivity index (χ2v) is 12.8. The lowest BCUT2D eigenvalue weighted by Crippen LogP contribution is -2.36. The van der Waals surface area contributed by atoms with E-state index in [0.29, 0.717) is 19.8 Å². The van der Waals surface area contributed by atoms with Crippen LogP contribution >= 0.6 is 23.2 Å². The summed E-state index contributed by atoms with van der Waals surface area (Å²) in [5.74, 6) is 1.54. The van der Waals surface area contributed by atoms with Gasteiger partial charge < -0.3 is 14.2 Å². The first-order chi connectivity index (χ1) is 16.8.